The molecule has 0 spiro atoms. The third kappa shape index (κ3) is 2.78. The summed E-state index contributed by atoms with van der Waals surface area (Å²) in [5, 5.41) is 0. The first kappa shape index (κ1) is 17.7. The molecule has 3 unspecified atom stereocenters. The van der Waals surface area contributed by atoms with E-state index in [0.29, 0.717) is 18.3 Å². The Balaban J connectivity index is 1.46. The number of nitrogens with two attached hydrogens (primary N) is 2. The third-order valence-electron chi connectivity index (χ3n) is 7.20. The minimum absolute atomic E-state index is 0.0356. The van der Waals surface area contributed by atoms with Crippen molar-refractivity contribution in [2.24, 2.45) is 34.6 Å². The van der Waals surface area contributed by atoms with Gasteiger partial charge in [-0.25, -0.2) is 4.79 Å². The predicted molar refractivity (Wildman–Crippen MR) is 97.8 cm³/mol. The Labute approximate surface area is 154 Å². The molecule has 5 rings (SSSR count). The van der Waals surface area contributed by atoms with Crippen molar-refractivity contribution in [2.75, 3.05) is 0 Å². The molecule has 4 N–H and O–H groups in total. The van der Waals surface area contributed by atoms with Crippen molar-refractivity contribution in [2.45, 2.75) is 57.0 Å². The van der Waals surface area contributed by atoms with Crippen LogP contribution in [0.15, 0.2) is 30.3 Å². The summed E-state index contributed by atoms with van der Waals surface area (Å²) < 4.78 is 5.33. The fourth-order valence-corrected chi connectivity index (χ4v) is 6.04. The van der Waals surface area contributed by atoms with Crippen molar-refractivity contribution >= 4 is 11.9 Å². The lowest BCUT2D eigenvalue weighted by atomic mass is 9.43. The smallest absolute Gasteiger partial charge is 0.330 e. The van der Waals surface area contributed by atoms with Gasteiger partial charge in [-0.3, -0.25) is 4.79 Å². The zero-order valence-corrected chi connectivity index (χ0v) is 15.3. The first-order chi connectivity index (χ1) is 12.3. The van der Waals surface area contributed by atoms with Gasteiger partial charge in [-0.2, -0.15) is 0 Å². The summed E-state index contributed by atoms with van der Waals surface area (Å²) in [6.07, 6.45) is 5.08. The summed E-state index contributed by atoms with van der Waals surface area (Å²) in [5.41, 5.74) is 12.7. The largest absolute Gasteiger partial charge is 0.392 e. The van der Waals surface area contributed by atoms with Crippen molar-refractivity contribution in [3.05, 3.63) is 35.9 Å². The molecule has 5 heteroatoms. The van der Waals surface area contributed by atoms with Gasteiger partial charge in [0.2, 0.25) is 0 Å². The van der Waals surface area contributed by atoms with Crippen molar-refractivity contribution in [3.8, 4) is 0 Å². The number of hydrogen-bond acceptors (Lipinski definition) is 5. The van der Waals surface area contributed by atoms with Crippen molar-refractivity contribution in [1.82, 2.24) is 0 Å². The fourth-order valence-electron chi connectivity index (χ4n) is 6.04. The van der Waals surface area contributed by atoms with E-state index in [1.165, 1.54) is 0 Å². The highest BCUT2D eigenvalue weighted by Gasteiger charge is 2.64. The lowest BCUT2D eigenvalue weighted by molar-refractivity contribution is -0.189. The molecule has 0 radical (unpaired) electrons. The highest BCUT2D eigenvalue weighted by Crippen LogP contribution is 2.63. The molecule has 5 nitrogen and oxygen atoms in total. The fraction of sp³-hybridized carbons (Fsp3) is 0.619. The van der Waals surface area contributed by atoms with E-state index in [1.54, 1.807) is 0 Å². The quantitative estimate of drug-likeness (QED) is 0.637. The van der Waals surface area contributed by atoms with Crippen LogP contribution in [0.25, 0.3) is 0 Å². The number of benzene rings is 1. The lowest BCUT2D eigenvalue weighted by Gasteiger charge is -2.63. The van der Waals surface area contributed by atoms with Gasteiger partial charge in [0.1, 0.15) is 6.04 Å². The molecule has 1 aromatic rings. The zero-order chi connectivity index (χ0) is 18.5. The first-order valence-electron chi connectivity index (χ1n) is 9.67. The van der Waals surface area contributed by atoms with Gasteiger partial charge in [0.05, 0.1) is 5.41 Å². The number of hydrogen-bond donors (Lipinski definition) is 2. The van der Waals surface area contributed by atoms with Gasteiger partial charge in [-0.05, 0) is 61.8 Å². The molecule has 4 atom stereocenters. The summed E-state index contributed by atoms with van der Waals surface area (Å²) in [4.78, 5) is 25.5. The van der Waals surface area contributed by atoms with Crippen LogP contribution in [-0.2, 0) is 20.7 Å². The molecule has 0 amide bonds. The van der Waals surface area contributed by atoms with E-state index in [9.17, 15) is 9.59 Å². The molecule has 4 saturated carbocycles. The summed E-state index contributed by atoms with van der Waals surface area (Å²) in [6, 6.07) is 8.70. The van der Waals surface area contributed by atoms with E-state index in [4.69, 9.17) is 16.2 Å². The Kier molecular flexibility index (Phi) is 4.20. The second-order valence-electron chi connectivity index (χ2n) is 8.90. The normalized spacial score (nSPS) is 38.8. The van der Waals surface area contributed by atoms with E-state index in [1.807, 2.05) is 30.3 Å². The lowest BCUT2D eigenvalue weighted by Crippen LogP contribution is -2.68. The molecule has 0 heterocycles. The Bertz CT molecular complexity index is 703. The van der Waals surface area contributed by atoms with Gasteiger partial charge in [-0.15, -0.1) is 0 Å². The molecule has 4 aliphatic carbocycles. The minimum atomic E-state index is -0.836. The third-order valence-corrected chi connectivity index (χ3v) is 7.20. The predicted octanol–water partition coefficient (Wildman–Crippen LogP) is 2.17. The Hall–Kier alpha value is -1.72. The molecule has 1 aromatic carbocycles. The number of carbonyl (C=O) groups excluding carboxylic acids is 2. The van der Waals surface area contributed by atoms with Gasteiger partial charge in [-0.1, -0.05) is 37.3 Å². The second-order valence-corrected chi connectivity index (χ2v) is 8.90. The molecular formula is C21H28N2O3. The Morgan fingerprint density at radius 1 is 1.15 bits per heavy atom. The van der Waals surface area contributed by atoms with Crippen LogP contribution in [0, 0.1) is 23.2 Å². The molecule has 4 fully saturated rings. The Morgan fingerprint density at radius 3 is 2.38 bits per heavy atom. The van der Waals surface area contributed by atoms with Crippen LogP contribution in [-0.4, -0.2) is 23.5 Å². The number of esters is 2. The topological polar surface area (TPSA) is 95.4 Å². The molecule has 0 aromatic heterocycles. The van der Waals surface area contributed by atoms with E-state index in [2.05, 4.69) is 6.92 Å². The van der Waals surface area contributed by atoms with Gasteiger partial charge in [0, 0.05) is 5.54 Å². The van der Waals surface area contributed by atoms with E-state index in [-0.39, 0.29) is 11.5 Å². The number of ether oxygens (including phenoxy) is 1. The Morgan fingerprint density at radius 2 is 1.77 bits per heavy atom. The van der Waals surface area contributed by atoms with Gasteiger partial charge < -0.3 is 16.2 Å². The van der Waals surface area contributed by atoms with E-state index >= 15 is 0 Å². The first-order valence-corrected chi connectivity index (χ1v) is 9.67. The zero-order valence-electron chi connectivity index (χ0n) is 15.3. The van der Waals surface area contributed by atoms with Crippen LogP contribution >= 0.6 is 0 Å². The van der Waals surface area contributed by atoms with Gasteiger partial charge in [0.25, 0.3) is 0 Å². The van der Waals surface area contributed by atoms with Crippen LogP contribution in [0.3, 0.4) is 0 Å². The van der Waals surface area contributed by atoms with Crippen LogP contribution in [0.5, 0.6) is 0 Å². The number of rotatable bonds is 4. The summed E-state index contributed by atoms with van der Waals surface area (Å²) in [7, 11) is 0. The van der Waals surface area contributed by atoms with E-state index < -0.39 is 23.4 Å². The maximum Gasteiger partial charge on any atom is 0.330 e. The average Bonchev–Trinajstić information content (AvgIpc) is 2.59. The monoisotopic (exact) mass is 356 g/mol. The maximum atomic E-state index is 13.1. The molecule has 0 saturated heterocycles. The standard InChI is InChI=1S/C21H28N2O3/c1-13-20(9-15-7-16(10-20)12-21(13,23)11-15)19(25)26-18(24)17(22)8-14-5-3-2-4-6-14/h2-6,13,15-17H,7-12,22-23H2,1H3/t13?,15?,16?,17-,20?,21?/m0/s1. The van der Waals surface area contributed by atoms with Crippen LogP contribution in [0.4, 0.5) is 0 Å². The van der Waals surface area contributed by atoms with Crippen molar-refractivity contribution in [1.29, 1.82) is 0 Å². The van der Waals surface area contributed by atoms with Gasteiger partial charge in [0.15, 0.2) is 0 Å². The highest BCUT2D eigenvalue weighted by atomic mass is 16.6. The summed E-state index contributed by atoms with van der Waals surface area (Å²) in [5.74, 6) is -0.0440. The molecule has 0 aliphatic heterocycles. The summed E-state index contributed by atoms with van der Waals surface area (Å²) in [6.45, 7) is 2.06. The SMILES string of the molecule is CC1C2(N)CC3CC(C2)CC1(C(=O)OC(=O)[C@@H](N)Cc1ccccc1)C3. The minimum Gasteiger partial charge on any atom is -0.392 e. The maximum absolute atomic E-state index is 13.1. The van der Waals surface area contributed by atoms with E-state index in [0.717, 1.165) is 37.7 Å². The van der Waals surface area contributed by atoms with Crippen molar-refractivity contribution < 1.29 is 14.3 Å². The molecule has 4 aliphatic rings. The molecule has 140 valence electrons. The van der Waals surface area contributed by atoms with Crippen LogP contribution < -0.4 is 11.5 Å². The molecule has 26 heavy (non-hydrogen) atoms. The molecular weight excluding hydrogens is 328 g/mol. The average molecular weight is 356 g/mol. The summed E-state index contributed by atoms with van der Waals surface area (Å²) >= 11 is 0. The van der Waals surface area contributed by atoms with Crippen LogP contribution in [0.1, 0.15) is 44.6 Å². The van der Waals surface area contributed by atoms with Crippen molar-refractivity contribution in [3.63, 3.8) is 0 Å². The molecule has 4 bridgehead atoms. The second kappa shape index (κ2) is 6.17. The highest BCUT2D eigenvalue weighted by molar-refractivity contribution is 5.91. The van der Waals surface area contributed by atoms with Crippen LogP contribution in [0.2, 0.25) is 0 Å². The number of carbonyl (C=O) groups is 2. The van der Waals surface area contributed by atoms with Gasteiger partial charge >= 0.3 is 11.9 Å².